The van der Waals surface area contributed by atoms with E-state index < -0.39 is 0 Å². The second kappa shape index (κ2) is 5.12. The lowest BCUT2D eigenvalue weighted by molar-refractivity contribution is 0.608. The summed E-state index contributed by atoms with van der Waals surface area (Å²) in [6.07, 6.45) is 9.06. The first-order valence-corrected chi connectivity index (χ1v) is 5.78. The van der Waals surface area contributed by atoms with Gasteiger partial charge in [-0.3, -0.25) is 4.98 Å². The van der Waals surface area contributed by atoms with E-state index >= 15 is 0 Å². The molecule has 1 aliphatic rings. The van der Waals surface area contributed by atoms with Crippen molar-refractivity contribution in [1.29, 1.82) is 0 Å². The fraction of sp³-hybridized carbons (Fsp3) is 0.583. The highest BCUT2D eigenvalue weighted by molar-refractivity contribution is 5.45. The second-order valence-corrected chi connectivity index (χ2v) is 4.13. The van der Waals surface area contributed by atoms with Crippen molar-refractivity contribution in [2.24, 2.45) is 5.73 Å². The maximum absolute atomic E-state index is 5.67. The molecule has 15 heavy (non-hydrogen) atoms. The number of nitrogens with two attached hydrogens (primary N) is 1. The van der Waals surface area contributed by atoms with Gasteiger partial charge in [-0.25, -0.2) is 0 Å². The summed E-state index contributed by atoms with van der Waals surface area (Å²) in [7, 11) is 0. The van der Waals surface area contributed by atoms with E-state index in [1.54, 1.807) is 0 Å². The van der Waals surface area contributed by atoms with Gasteiger partial charge in [0, 0.05) is 25.3 Å². The molecule has 1 aliphatic carbocycles. The fourth-order valence-electron chi connectivity index (χ4n) is 2.40. The van der Waals surface area contributed by atoms with Gasteiger partial charge >= 0.3 is 0 Å². The Kier molecular flexibility index (Phi) is 3.56. The summed E-state index contributed by atoms with van der Waals surface area (Å²) >= 11 is 0. The molecular weight excluding hydrogens is 186 g/mol. The van der Waals surface area contributed by atoms with Gasteiger partial charge in [0.2, 0.25) is 0 Å². The highest BCUT2D eigenvalue weighted by Crippen LogP contribution is 2.27. The predicted octanol–water partition coefficient (Wildman–Crippen LogP) is 1.79. The van der Waals surface area contributed by atoms with Crippen LogP contribution in [0.2, 0.25) is 0 Å². The number of hydrogen-bond acceptors (Lipinski definition) is 3. The van der Waals surface area contributed by atoms with Gasteiger partial charge in [0.15, 0.2) is 0 Å². The van der Waals surface area contributed by atoms with Gasteiger partial charge in [0.1, 0.15) is 0 Å². The Morgan fingerprint density at radius 2 is 2.20 bits per heavy atom. The molecule has 2 N–H and O–H groups in total. The van der Waals surface area contributed by atoms with Gasteiger partial charge in [-0.2, -0.15) is 0 Å². The highest BCUT2D eigenvalue weighted by Gasteiger charge is 2.22. The van der Waals surface area contributed by atoms with Gasteiger partial charge in [-0.15, -0.1) is 0 Å². The Morgan fingerprint density at radius 3 is 2.80 bits per heavy atom. The summed E-state index contributed by atoms with van der Waals surface area (Å²) in [5.74, 6) is 0. The molecule has 1 saturated carbocycles. The number of anilines is 1. The molecule has 0 atom stereocenters. The summed E-state index contributed by atoms with van der Waals surface area (Å²) in [4.78, 5) is 6.59. The van der Waals surface area contributed by atoms with E-state index in [4.69, 9.17) is 5.73 Å². The summed E-state index contributed by atoms with van der Waals surface area (Å²) < 4.78 is 0. The number of nitrogens with zero attached hydrogens (tertiary/aromatic N) is 2. The minimum Gasteiger partial charge on any atom is -0.366 e. The van der Waals surface area contributed by atoms with Crippen LogP contribution in [0.5, 0.6) is 0 Å². The first-order valence-electron chi connectivity index (χ1n) is 5.78. The molecule has 0 saturated heterocycles. The van der Waals surface area contributed by atoms with E-state index in [0.717, 1.165) is 6.54 Å². The van der Waals surface area contributed by atoms with Crippen molar-refractivity contribution < 1.29 is 0 Å². The monoisotopic (exact) mass is 205 g/mol. The zero-order valence-electron chi connectivity index (χ0n) is 9.10. The summed E-state index contributed by atoms with van der Waals surface area (Å²) in [6, 6.07) is 4.80. The van der Waals surface area contributed by atoms with Crippen LogP contribution >= 0.6 is 0 Å². The molecule has 1 aromatic heterocycles. The summed E-state index contributed by atoms with van der Waals surface area (Å²) in [5.41, 5.74) is 6.89. The molecule has 0 spiro atoms. The van der Waals surface area contributed by atoms with E-state index in [1.807, 2.05) is 18.5 Å². The molecule has 82 valence electrons. The number of hydrogen-bond donors (Lipinski definition) is 1. The lowest BCUT2D eigenvalue weighted by Gasteiger charge is -2.30. The lowest BCUT2D eigenvalue weighted by Crippen LogP contribution is -2.37. The molecule has 0 bridgehead atoms. The normalized spacial score (nSPS) is 16.9. The van der Waals surface area contributed by atoms with Crippen molar-refractivity contribution in [2.45, 2.75) is 31.7 Å². The molecule has 0 radical (unpaired) electrons. The molecule has 3 nitrogen and oxygen atoms in total. The third-order valence-corrected chi connectivity index (χ3v) is 3.11. The molecule has 1 heterocycles. The number of pyridine rings is 1. The van der Waals surface area contributed by atoms with Crippen LogP contribution in [0.4, 0.5) is 5.69 Å². The molecule has 2 rings (SSSR count). The third kappa shape index (κ3) is 2.48. The van der Waals surface area contributed by atoms with Crippen LogP contribution in [0, 0.1) is 0 Å². The summed E-state index contributed by atoms with van der Waals surface area (Å²) in [6.45, 7) is 1.65. The molecular formula is C12H19N3. The van der Waals surface area contributed by atoms with Crippen LogP contribution in [0.3, 0.4) is 0 Å². The smallest absolute Gasteiger partial charge is 0.0555 e. The van der Waals surface area contributed by atoms with E-state index in [2.05, 4.69) is 16.0 Å². The van der Waals surface area contributed by atoms with E-state index in [1.165, 1.54) is 31.4 Å². The summed E-state index contributed by atoms with van der Waals surface area (Å²) in [5, 5.41) is 0. The van der Waals surface area contributed by atoms with Crippen molar-refractivity contribution in [2.75, 3.05) is 18.0 Å². The Bertz CT molecular complexity index is 280. The average molecular weight is 205 g/mol. The van der Waals surface area contributed by atoms with Crippen molar-refractivity contribution in [1.82, 2.24) is 4.98 Å². The topological polar surface area (TPSA) is 42.1 Å². The maximum Gasteiger partial charge on any atom is 0.0555 e. The zero-order chi connectivity index (χ0) is 10.5. The number of aromatic nitrogens is 1. The minimum atomic E-state index is 0.678. The second-order valence-electron chi connectivity index (χ2n) is 4.13. The largest absolute Gasteiger partial charge is 0.366 e. The van der Waals surface area contributed by atoms with Gasteiger partial charge < -0.3 is 10.6 Å². The Morgan fingerprint density at radius 1 is 1.40 bits per heavy atom. The lowest BCUT2D eigenvalue weighted by atomic mass is 10.2. The Labute approximate surface area is 91.3 Å². The van der Waals surface area contributed by atoms with Gasteiger partial charge in [-0.1, -0.05) is 12.8 Å². The van der Waals surface area contributed by atoms with Crippen molar-refractivity contribution in [3.8, 4) is 0 Å². The third-order valence-electron chi connectivity index (χ3n) is 3.11. The molecule has 3 heteroatoms. The van der Waals surface area contributed by atoms with Crippen LogP contribution in [-0.4, -0.2) is 24.1 Å². The SMILES string of the molecule is NCCN(c1cccnc1)C1CCCC1. The predicted molar refractivity (Wildman–Crippen MR) is 62.9 cm³/mol. The van der Waals surface area contributed by atoms with Crippen LogP contribution < -0.4 is 10.6 Å². The zero-order valence-corrected chi connectivity index (χ0v) is 9.10. The molecule has 0 aromatic carbocycles. The molecule has 0 unspecified atom stereocenters. The average Bonchev–Trinajstić information content (AvgIpc) is 2.80. The van der Waals surface area contributed by atoms with Crippen LogP contribution in [0.15, 0.2) is 24.5 Å². The van der Waals surface area contributed by atoms with E-state index in [9.17, 15) is 0 Å². The standard InChI is InChI=1S/C12H19N3/c13-7-9-15(11-4-1-2-5-11)12-6-3-8-14-10-12/h3,6,8,10-11H,1-2,4-5,7,9,13H2. The van der Waals surface area contributed by atoms with Crippen molar-refractivity contribution in [3.05, 3.63) is 24.5 Å². The molecule has 0 aliphatic heterocycles. The number of rotatable bonds is 4. The minimum absolute atomic E-state index is 0.678. The molecule has 1 fully saturated rings. The highest BCUT2D eigenvalue weighted by atomic mass is 15.2. The van der Waals surface area contributed by atoms with Crippen LogP contribution in [0.25, 0.3) is 0 Å². The van der Waals surface area contributed by atoms with Crippen LogP contribution in [0.1, 0.15) is 25.7 Å². The van der Waals surface area contributed by atoms with Crippen LogP contribution in [-0.2, 0) is 0 Å². The quantitative estimate of drug-likeness (QED) is 0.815. The first kappa shape index (κ1) is 10.4. The fourth-order valence-corrected chi connectivity index (χ4v) is 2.40. The van der Waals surface area contributed by atoms with Gasteiger partial charge in [0.05, 0.1) is 11.9 Å². The Hall–Kier alpha value is -1.09. The van der Waals surface area contributed by atoms with E-state index in [-0.39, 0.29) is 0 Å². The Balaban J connectivity index is 2.11. The van der Waals surface area contributed by atoms with Crippen molar-refractivity contribution in [3.63, 3.8) is 0 Å². The first-order chi connectivity index (χ1) is 7.42. The molecule has 1 aromatic rings. The van der Waals surface area contributed by atoms with Crippen molar-refractivity contribution >= 4 is 5.69 Å². The maximum atomic E-state index is 5.67. The van der Waals surface area contributed by atoms with Gasteiger partial charge in [0.25, 0.3) is 0 Å². The van der Waals surface area contributed by atoms with E-state index in [0.29, 0.717) is 12.6 Å². The van der Waals surface area contributed by atoms with Gasteiger partial charge in [-0.05, 0) is 25.0 Å². The molecule has 0 amide bonds.